The van der Waals surface area contributed by atoms with Crippen molar-refractivity contribution >= 4 is 6.09 Å². The smallest absolute Gasteiger partial charge is 0.410 e. The molecule has 1 aromatic heterocycles. The first kappa shape index (κ1) is 18.4. The molecule has 9 heteroatoms. The van der Waals surface area contributed by atoms with Gasteiger partial charge in [0.05, 0.1) is 25.7 Å². The Bertz CT molecular complexity index is 1560. The lowest BCUT2D eigenvalue weighted by Crippen LogP contribution is -2.40. The fourth-order valence-electron chi connectivity index (χ4n) is 4.37. The summed E-state index contributed by atoms with van der Waals surface area (Å²) in [5.74, 6) is -0.130. The third-order valence-corrected chi connectivity index (χ3v) is 5.81. The zero-order valence-electron chi connectivity index (χ0n) is 27.7. The summed E-state index contributed by atoms with van der Waals surface area (Å²) >= 11 is 0. The number of hydrogen-bond donors (Lipinski definition) is 1. The summed E-state index contributed by atoms with van der Waals surface area (Å²) in [6.07, 6.45) is -2.66. The van der Waals surface area contributed by atoms with Gasteiger partial charge >= 0.3 is 6.09 Å². The molecule has 1 N–H and O–H groups in total. The van der Waals surface area contributed by atoms with Crippen LogP contribution in [0.15, 0.2) is 40.9 Å². The molecule has 1 aliphatic rings. The Morgan fingerprint density at radius 2 is 2.19 bits per heavy atom. The molecular weight excluding hydrogens is 472 g/mol. The molecule has 0 aliphatic heterocycles. The van der Waals surface area contributed by atoms with Crippen LogP contribution in [0.3, 0.4) is 0 Å². The molecule has 2 aromatic carbocycles. The van der Waals surface area contributed by atoms with E-state index in [-0.39, 0.29) is 42.0 Å². The van der Waals surface area contributed by atoms with Crippen LogP contribution in [-0.4, -0.2) is 51.1 Å². The molecule has 0 saturated heterocycles. The maximum Gasteiger partial charge on any atom is 0.410 e. The topological polar surface area (TPSA) is 122 Å². The zero-order chi connectivity index (χ0) is 32.7. The van der Waals surface area contributed by atoms with Gasteiger partial charge in [-0.15, -0.1) is 0 Å². The fourth-order valence-corrected chi connectivity index (χ4v) is 4.37. The molecule has 0 unspecified atom stereocenters. The van der Waals surface area contributed by atoms with Gasteiger partial charge in [0.1, 0.15) is 17.4 Å². The van der Waals surface area contributed by atoms with E-state index in [0.29, 0.717) is 18.4 Å². The Morgan fingerprint density at radius 1 is 1.38 bits per heavy atom. The summed E-state index contributed by atoms with van der Waals surface area (Å²) < 4.78 is 69.6. The van der Waals surface area contributed by atoms with Crippen LogP contribution in [0.25, 0.3) is 22.8 Å². The van der Waals surface area contributed by atoms with E-state index in [1.807, 2.05) is 18.2 Å². The van der Waals surface area contributed by atoms with Crippen molar-refractivity contribution in [2.75, 3.05) is 13.2 Å². The number of benzene rings is 2. The number of amides is 1. The number of fused-ring (bicyclic) bond motifs is 1. The van der Waals surface area contributed by atoms with Crippen LogP contribution in [0.4, 0.5) is 4.79 Å². The molecule has 37 heavy (non-hydrogen) atoms. The van der Waals surface area contributed by atoms with Gasteiger partial charge in [-0.25, -0.2) is 4.79 Å². The molecule has 0 spiro atoms. The number of nitriles is 1. The van der Waals surface area contributed by atoms with E-state index >= 15 is 0 Å². The average molecular weight is 512 g/mol. The molecule has 1 atom stereocenters. The van der Waals surface area contributed by atoms with E-state index in [2.05, 4.69) is 10.1 Å². The van der Waals surface area contributed by atoms with Gasteiger partial charge in [0.15, 0.2) is 0 Å². The standard InChI is InChI=1S/C28H32N4O5/c1-17(2)35-24-12-9-18(15-19(24)16-29)26-30-25(31-37-26)22-8-6-7-21-20(22)10-11-23(21)32(13-14-33)27(34)36-28(3,4)5/h6-9,12,15,17,23,33H,10-11,13-14H2,1-5H3/t23-/m0/s1/i1D3,2D3,17D. The van der Waals surface area contributed by atoms with Crippen LogP contribution in [0.5, 0.6) is 5.75 Å². The molecule has 1 heterocycles. The first-order valence-electron chi connectivity index (χ1n) is 15.2. The highest BCUT2D eigenvalue weighted by Gasteiger charge is 2.35. The SMILES string of the molecule is [2H]C([2H])([2H])C([2H])(Oc1ccc(-c2nc(-c3cccc4c3CC[C@@H]4N(CCO)C(=O)OC(C)(C)C)no2)cc1C#N)C([2H])([2H])[2H]. The largest absolute Gasteiger partial charge is 0.490 e. The second kappa shape index (κ2) is 10.6. The third-order valence-electron chi connectivity index (χ3n) is 5.81. The first-order valence-corrected chi connectivity index (χ1v) is 11.7. The van der Waals surface area contributed by atoms with Crippen molar-refractivity contribution in [3.8, 4) is 34.7 Å². The summed E-state index contributed by atoms with van der Waals surface area (Å²) in [7, 11) is 0. The normalized spacial score (nSPS) is 18.6. The minimum Gasteiger partial charge on any atom is -0.490 e. The number of carbonyl (C=O) groups excluding carboxylic acids is 1. The second-order valence-electron chi connectivity index (χ2n) is 9.50. The number of carbonyl (C=O) groups is 1. The van der Waals surface area contributed by atoms with Gasteiger partial charge in [0, 0.05) is 25.9 Å². The Hall–Kier alpha value is -3.90. The number of nitrogens with zero attached hydrogens (tertiary/aromatic N) is 4. The van der Waals surface area contributed by atoms with Crippen LogP contribution in [-0.2, 0) is 11.2 Å². The van der Waals surface area contributed by atoms with Crippen molar-refractivity contribution in [2.45, 2.75) is 65.0 Å². The predicted molar refractivity (Wildman–Crippen MR) is 137 cm³/mol. The third kappa shape index (κ3) is 5.75. The number of ether oxygens (including phenoxy) is 2. The van der Waals surface area contributed by atoms with Crippen molar-refractivity contribution in [3.05, 3.63) is 53.1 Å². The van der Waals surface area contributed by atoms with Gasteiger partial charge in [0.25, 0.3) is 5.89 Å². The summed E-state index contributed by atoms with van der Waals surface area (Å²) in [4.78, 5) is 19.0. The zero-order valence-corrected chi connectivity index (χ0v) is 20.7. The lowest BCUT2D eigenvalue weighted by molar-refractivity contribution is 0.0120. The van der Waals surface area contributed by atoms with Gasteiger partial charge in [0.2, 0.25) is 5.82 Å². The predicted octanol–water partition coefficient (Wildman–Crippen LogP) is 5.28. The van der Waals surface area contributed by atoms with Crippen molar-refractivity contribution in [1.82, 2.24) is 15.0 Å². The van der Waals surface area contributed by atoms with E-state index in [4.69, 9.17) is 23.6 Å². The number of hydrogen-bond acceptors (Lipinski definition) is 8. The average Bonchev–Trinajstić information content (AvgIpc) is 3.57. The Balaban J connectivity index is 1.64. The quantitative estimate of drug-likeness (QED) is 0.455. The Kier molecular flexibility index (Phi) is 5.26. The van der Waals surface area contributed by atoms with Gasteiger partial charge < -0.3 is 19.1 Å². The minimum absolute atomic E-state index is 0.0228. The maximum atomic E-state index is 13.0. The molecule has 9 nitrogen and oxygen atoms in total. The van der Waals surface area contributed by atoms with Crippen LogP contribution in [0.2, 0.25) is 0 Å². The molecular formula is C28H32N4O5. The van der Waals surface area contributed by atoms with Crippen molar-refractivity contribution in [1.29, 1.82) is 5.26 Å². The van der Waals surface area contributed by atoms with E-state index in [1.165, 1.54) is 23.1 Å². The second-order valence-corrected chi connectivity index (χ2v) is 9.50. The number of rotatable bonds is 7. The summed E-state index contributed by atoms with van der Waals surface area (Å²) in [5, 5.41) is 23.5. The van der Waals surface area contributed by atoms with Crippen molar-refractivity contribution < 1.29 is 33.5 Å². The lowest BCUT2D eigenvalue weighted by Gasteiger charge is -2.31. The monoisotopic (exact) mass is 511 g/mol. The summed E-state index contributed by atoms with van der Waals surface area (Å²) in [6, 6.07) is 10.8. The lowest BCUT2D eigenvalue weighted by atomic mass is 10.0. The highest BCUT2D eigenvalue weighted by Crippen LogP contribution is 2.41. The first-order chi connectivity index (χ1) is 20.4. The van der Waals surface area contributed by atoms with Gasteiger partial charge in [-0.2, -0.15) is 10.2 Å². The summed E-state index contributed by atoms with van der Waals surface area (Å²) in [6.45, 7) is -1.52. The molecule has 0 radical (unpaired) electrons. The molecule has 194 valence electrons. The van der Waals surface area contributed by atoms with Crippen molar-refractivity contribution in [2.24, 2.45) is 0 Å². The molecule has 0 bridgehead atoms. The summed E-state index contributed by atoms with van der Waals surface area (Å²) in [5.41, 5.74) is 1.77. The molecule has 1 aliphatic carbocycles. The highest BCUT2D eigenvalue weighted by atomic mass is 16.6. The van der Waals surface area contributed by atoms with Gasteiger partial charge in [-0.05, 0) is 76.6 Å². The van der Waals surface area contributed by atoms with E-state index in [9.17, 15) is 15.2 Å². The molecule has 0 saturated carbocycles. The van der Waals surface area contributed by atoms with E-state index in [0.717, 1.165) is 11.1 Å². The highest BCUT2D eigenvalue weighted by molar-refractivity contribution is 5.71. The number of aliphatic hydroxyl groups excluding tert-OH is 1. The number of aliphatic hydroxyl groups is 1. The van der Waals surface area contributed by atoms with Crippen LogP contribution in [0, 0.1) is 11.3 Å². The van der Waals surface area contributed by atoms with Gasteiger partial charge in [-0.3, -0.25) is 4.90 Å². The Morgan fingerprint density at radius 3 is 2.89 bits per heavy atom. The molecule has 3 aromatic rings. The van der Waals surface area contributed by atoms with Crippen LogP contribution < -0.4 is 4.74 Å². The molecule has 0 fully saturated rings. The number of aromatic nitrogens is 2. The van der Waals surface area contributed by atoms with Gasteiger partial charge in [-0.1, -0.05) is 23.4 Å². The fraction of sp³-hybridized carbons (Fsp3) is 0.429. The molecule has 4 rings (SSSR count). The maximum absolute atomic E-state index is 13.0. The van der Waals surface area contributed by atoms with E-state index < -0.39 is 37.2 Å². The van der Waals surface area contributed by atoms with Crippen LogP contribution >= 0.6 is 0 Å². The van der Waals surface area contributed by atoms with Crippen LogP contribution in [0.1, 0.15) is 73.2 Å². The Labute approximate surface area is 226 Å². The van der Waals surface area contributed by atoms with Crippen molar-refractivity contribution in [3.63, 3.8) is 0 Å². The minimum atomic E-state index is -3.35. The molecule has 1 amide bonds. The van der Waals surface area contributed by atoms with E-state index in [1.54, 1.807) is 26.8 Å².